The van der Waals surface area contributed by atoms with Gasteiger partial charge in [0.05, 0.1) is 12.7 Å². The van der Waals surface area contributed by atoms with Crippen LogP contribution in [0.3, 0.4) is 0 Å². The highest BCUT2D eigenvalue weighted by Crippen LogP contribution is 2.01. The largest absolute Gasteiger partial charge is 0.479 e. The average Bonchev–Trinajstić information content (AvgIpc) is 2.23. The first-order chi connectivity index (χ1) is 7.97. The second kappa shape index (κ2) is 9.39. The van der Waals surface area contributed by atoms with Gasteiger partial charge in [0.15, 0.2) is 6.10 Å². The summed E-state index contributed by atoms with van der Waals surface area (Å²) in [6, 6.07) is 0. The summed E-state index contributed by atoms with van der Waals surface area (Å²) in [7, 11) is 1.95. The number of likely N-dealkylation sites (N-methyl/N-ethyl adjacent to an activating group) is 1. The zero-order valence-electron chi connectivity index (χ0n) is 11.3. The summed E-state index contributed by atoms with van der Waals surface area (Å²) in [5, 5.41) is 8.90. The van der Waals surface area contributed by atoms with Crippen molar-refractivity contribution < 1.29 is 19.4 Å². The topological polar surface area (TPSA) is 59.0 Å². The highest BCUT2D eigenvalue weighted by Gasteiger charge is 2.17. The van der Waals surface area contributed by atoms with E-state index in [-0.39, 0.29) is 6.10 Å². The molecule has 102 valence electrons. The number of carboxylic acid groups (broad SMARTS) is 1. The zero-order chi connectivity index (χ0) is 13.3. The Balaban J connectivity index is 3.72. The number of aliphatic carboxylic acids is 1. The quantitative estimate of drug-likeness (QED) is 0.629. The van der Waals surface area contributed by atoms with Crippen LogP contribution in [0, 0.1) is 0 Å². The maximum absolute atomic E-state index is 10.8. The van der Waals surface area contributed by atoms with Crippen LogP contribution in [-0.2, 0) is 14.3 Å². The molecule has 5 heteroatoms. The smallest absolute Gasteiger partial charge is 0.332 e. The Morgan fingerprint density at radius 1 is 1.29 bits per heavy atom. The summed E-state index contributed by atoms with van der Waals surface area (Å²) >= 11 is 0. The average molecular weight is 247 g/mol. The van der Waals surface area contributed by atoms with Gasteiger partial charge in [-0.15, -0.1) is 0 Å². The minimum Gasteiger partial charge on any atom is -0.479 e. The van der Waals surface area contributed by atoms with E-state index < -0.39 is 12.1 Å². The molecule has 0 amide bonds. The molecule has 0 heterocycles. The fourth-order valence-electron chi connectivity index (χ4n) is 1.37. The van der Waals surface area contributed by atoms with Crippen LogP contribution >= 0.6 is 0 Å². The summed E-state index contributed by atoms with van der Waals surface area (Å²) in [5.74, 6) is -0.890. The summed E-state index contributed by atoms with van der Waals surface area (Å²) < 4.78 is 10.6. The van der Waals surface area contributed by atoms with Crippen LogP contribution in [0.4, 0.5) is 0 Å². The molecule has 1 unspecified atom stereocenters. The zero-order valence-corrected chi connectivity index (χ0v) is 11.3. The minimum atomic E-state index is -0.890. The molecule has 0 bridgehead atoms. The van der Waals surface area contributed by atoms with Crippen molar-refractivity contribution in [2.75, 3.05) is 33.4 Å². The van der Waals surface area contributed by atoms with Gasteiger partial charge in [-0.1, -0.05) is 0 Å². The summed E-state index contributed by atoms with van der Waals surface area (Å²) in [5.41, 5.74) is 0. The van der Waals surface area contributed by atoms with Crippen molar-refractivity contribution in [1.82, 2.24) is 4.90 Å². The monoisotopic (exact) mass is 247 g/mol. The van der Waals surface area contributed by atoms with Crippen LogP contribution in [0.2, 0.25) is 0 Å². The maximum Gasteiger partial charge on any atom is 0.332 e. The van der Waals surface area contributed by atoms with E-state index in [4.69, 9.17) is 14.6 Å². The predicted octanol–water partition coefficient (Wildman–Crippen LogP) is 1.22. The third kappa shape index (κ3) is 9.09. The maximum atomic E-state index is 10.8. The Labute approximate surface area is 104 Å². The van der Waals surface area contributed by atoms with Crippen LogP contribution in [0.25, 0.3) is 0 Å². The lowest BCUT2D eigenvalue weighted by atomic mass is 10.2. The minimum absolute atomic E-state index is 0.235. The van der Waals surface area contributed by atoms with Gasteiger partial charge in [-0.25, -0.2) is 4.79 Å². The van der Waals surface area contributed by atoms with E-state index in [1.165, 1.54) is 0 Å². The Hall–Kier alpha value is -0.650. The van der Waals surface area contributed by atoms with E-state index in [1.54, 1.807) is 6.92 Å². The number of ether oxygens (including phenoxy) is 2. The second-order valence-electron chi connectivity index (χ2n) is 4.29. The van der Waals surface area contributed by atoms with E-state index in [0.717, 1.165) is 6.54 Å². The van der Waals surface area contributed by atoms with E-state index in [9.17, 15) is 4.79 Å². The van der Waals surface area contributed by atoms with Crippen LogP contribution in [0.5, 0.6) is 0 Å². The predicted molar refractivity (Wildman–Crippen MR) is 66.3 cm³/mol. The lowest BCUT2D eigenvalue weighted by Crippen LogP contribution is -2.31. The van der Waals surface area contributed by atoms with Crippen LogP contribution < -0.4 is 0 Å². The molecule has 5 nitrogen and oxygen atoms in total. The molecule has 0 aliphatic rings. The molecule has 0 fully saturated rings. The van der Waals surface area contributed by atoms with E-state index in [1.807, 2.05) is 20.9 Å². The molecule has 1 N–H and O–H groups in total. The van der Waals surface area contributed by atoms with Crippen molar-refractivity contribution in [1.29, 1.82) is 0 Å². The van der Waals surface area contributed by atoms with Crippen LogP contribution in [0.15, 0.2) is 0 Å². The summed E-state index contributed by atoms with van der Waals surface area (Å²) in [6.07, 6.45) is 0.0357. The second-order valence-corrected chi connectivity index (χ2v) is 4.29. The number of rotatable bonds is 10. The van der Waals surface area contributed by atoms with Crippen molar-refractivity contribution in [3.63, 3.8) is 0 Å². The Morgan fingerprint density at radius 3 is 2.41 bits per heavy atom. The lowest BCUT2D eigenvalue weighted by Gasteiger charge is -2.20. The van der Waals surface area contributed by atoms with Crippen molar-refractivity contribution in [2.45, 2.75) is 39.4 Å². The highest BCUT2D eigenvalue weighted by molar-refractivity contribution is 5.72. The molecule has 0 radical (unpaired) electrons. The lowest BCUT2D eigenvalue weighted by molar-refractivity contribution is -0.150. The molecule has 0 saturated heterocycles. The number of carbonyl (C=O) groups is 1. The standard InChI is InChI=1S/C12H25NO4/c1-5-16-11(12(14)15)6-7-13(4)8-9-17-10(2)3/h10-11H,5-9H2,1-4H3,(H,14,15). The number of carboxylic acids is 1. The Bertz CT molecular complexity index is 209. The van der Waals surface area contributed by atoms with E-state index in [0.29, 0.717) is 26.2 Å². The molecule has 0 aromatic carbocycles. The molecule has 0 rings (SSSR count). The van der Waals surface area contributed by atoms with Gasteiger partial charge in [0.1, 0.15) is 0 Å². The first-order valence-corrected chi connectivity index (χ1v) is 6.11. The molecule has 1 atom stereocenters. The van der Waals surface area contributed by atoms with E-state index >= 15 is 0 Å². The SMILES string of the molecule is CCOC(CCN(C)CCOC(C)C)C(=O)O. The number of hydrogen-bond donors (Lipinski definition) is 1. The normalized spacial score (nSPS) is 13.3. The van der Waals surface area contributed by atoms with Crippen molar-refractivity contribution >= 4 is 5.97 Å². The number of hydrogen-bond acceptors (Lipinski definition) is 4. The fourth-order valence-corrected chi connectivity index (χ4v) is 1.37. The van der Waals surface area contributed by atoms with Crippen molar-refractivity contribution in [3.8, 4) is 0 Å². The van der Waals surface area contributed by atoms with E-state index in [2.05, 4.69) is 4.90 Å². The molecule has 0 aromatic rings. The van der Waals surface area contributed by atoms with Gasteiger partial charge >= 0.3 is 5.97 Å². The van der Waals surface area contributed by atoms with Gasteiger partial charge in [-0.05, 0) is 34.2 Å². The highest BCUT2D eigenvalue weighted by atomic mass is 16.5. The van der Waals surface area contributed by atoms with Gasteiger partial charge in [0, 0.05) is 19.7 Å². The van der Waals surface area contributed by atoms with Crippen molar-refractivity contribution in [2.24, 2.45) is 0 Å². The molecular weight excluding hydrogens is 222 g/mol. The van der Waals surface area contributed by atoms with Crippen LogP contribution in [-0.4, -0.2) is 61.5 Å². The Morgan fingerprint density at radius 2 is 1.94 bits per heavy atom. The van der Waals surface area contributed by atoms with Gasteiger partial charge < -0.3 is 19.5 Å². The summed E-state index contributed by atoms with van der Waals surface area (Å²) in [6.45, 7) is 8.38. The molecule has 0 aliphatic carbocycles. The summed E-state index contributed by atoms with van der Waals surface area (Å²) in [4.78, 5) is 12.9. The van der Waals surface area contributed by atoms with Crippen molar-refractivity contribution in [3.05, 3.63) is 0 Å². The first kappa shape index (κ1) is 16.4. The third-order valence-corrected chi connectivity index (χ3v) is 2.34. The molecule has 0 spiro atoms. The third-order valence-electron chi connectivity index (χ3n) is 2.34. The van der Waals surface area contributed by atoms with Gasteiger partial charge in [-0.2, -0.15) is 0 Å². The molecule has 17 heavy (non-hydrogen) atoms. The molecule has 0 aromatic heterocycles. The van der Waals surface area contributed by atoms with Crippen LogP contribution in [0.1, 0.15) is 27.2 Å². The van der Waals surface area contributed by atoms with Gasteiger partial charge in [0.25, 0.3) is 0 Å². The first-order valence-electron chi connectivity index (χ1n) is 6.11. The fraction of sp³-hybridized carbons (Fsp3) is 0.917. The van der Waals surface area contributed by atoms with Gasteiger partial charge in [0.2, 0.25) is 0 Å². The molecule has 0 aliphatic heterocycles. The molecular formula is C12H25NO4. The van der Waals surface area contributed by atoms with Gasteiger partial charge in [-0.3, -0.25) is 0 Å². The molecule has 0 saturated carbocycles. The Kier molecular flexibility index (Phi) is 9.03. The number of nitrogens with zero attached hydrogens (tertiary/aromatic N) is 1.